The summed E-state index contributed by atoms with van der Waals surface area (Å²) in [5, 5.41) is 4.71. The smallest absolute Gasteiger partial charge is 0.185 e. The molecule has 0 unspecified atom stereocenters. The molecule has 0 saturated carbocycles. The van der Waals surface area contributed by atoms with E-state index in [9.17, 15) is 0 Å². The fraction of sp³-hybridized carbons (Fsp3) is 0.812. The van der Waals surface area contributed by atoms with Crippen LogP contribution in [0.4, 0.5) is 5.13 Å². The number of rotatable bonds is 5. The largest absolute Gasteiger partial charge is 0.346 e. The van der Waals surface area contributed by atoms with Crippen molar-refractivity contribution >= 4 is 16.5 Å². The number of nitrogens with zero attached hydrogens (tertiary/aromatic N) is 3. The Morgan fingerprint density at radius 2 is 1.90 bits per heavy atom. The lowest BCUT2D eigenvalue weighted by Gasteiger charge is -2.35. The third-order valence-electron chi connectivity index (χ3n) is 3.60. The Balaban J connectivity index is 1.82. The van der Waals surface area contributed by atoms with Gasteiger partial charge < -0.3 is 10.2 Å². The predicted octanol–water partition coefficient (Wildman–Crippen LogP) is 2.81. The van der Waals surface area contributed by atoms with Gasteiger partial charge in [0.05, 0.1) is 0 Å². The third-order valence-corrected chi connectivity index (χ3v) is 4.66. The van der Waals surface area contributed by atoms with Gasteiger partial charge in [-0.1, -0.05) is 13.8 Å². The van der Waals surface area contributed by atoms with E-state index in [1.807, 2.05) is 17.5 Å². The van der Waals surface area contributed by atoms with Crippen molar-refractivity contribution in [2.75, 3.05) is 37.6 Å². The summed E-state index contributed by atoms with van der Waals surface area (Å²) in [7, 11) is 0. The first kappa shape index (κ1) is 16.7. The number of aromatic nitrogens is 1. The van der Waals surface area contributed by atoms with Gasteiger partial charge in [0.15, 0.2) is 5.13 Å². The van der Waals surface area contributed by atoms with Gasteiger partial charge in [0.25, 0.3) is 0 Å². The highest BCUT2D eigenvalue weighted by atomic mass is 32.1. The number of piperazine rings is 1. The number of nitrogens with one attached hydrogen (secondary N) is 1. The average molecular weight is 311 g/mol. The van der Waals surface area contributed by atoms with Crippen molar-refractivity contribution < 1.29 is 0 Å². The summed E-state index contributed by atoms with van der Waals surface area (Å²) < 4.78 is 0. The van der Waals surface area contributed by atoms with Gasteiger partial charge in [-0.15, -0.1) is 11.3 Å². The highest BCUT2D eigenvalue weighted by molar-refractivity contribution is 7.15. The topological polar surface area (TPSA) is 31.4 Å². The van der Waals surface area contributed by atoms with Gasteiger partial charge in [0, 0.05) is 55.9 Å². The summed E-state index contributed by atoms with van der Waals surface area (Å²) in [6.45, 7) is 17.8. The molecule has 1 fully saturated rings. The van der Waals surface area contributed by atoms with Crippen LogP contribution in [0.25, 0.3) is 0 Å². The van der Waals surface area contributed by atoms with E-state index in [0.717, 1.165) is 38.6 Å². The molecule has 1 saturated heterocycles. The summed E-state index contributed by atoms with van der Waals surface area (Å²) in [6, 6.07) is 0. The van der Waals surface area contributed by atoms with Crippen LogP contribution in [0, 0.1) is 5.92 Å². The van der Waals surface area contributed by atoms with Crippen LogP contribution in [0.1, 0.15) is 39.5 Å². The molecule has 4 nitrogen and oxygen atoms in total. The zero-order valence-corrected chi connectivity index (χ0v) is 15.0. The SMILES string of the molecule is CC(C)CN1CCN(c2ncc(CNC(C)(C)C)s2)CC1. The van der Waals surface area contributed by atoms with Crippen LogP contribution in [-0.4, -0.2) is 48.1 Å². The molecule has 0 aliphatic carbocycles. The van der Waals surface area contributed by atoms with Gasteiger partial charge in [0.2, 0.25) is 0 Å². The molecule has 0 amide bonds. The molecule has 1 aliphatic rings. The minimum absolute atomic E-state index is 0.159. The van der Waals surface area contributed by atoms with Gasteiger partial charge in [0.1, 0.15) is 0 Å². The Labute approximate surface area is 133 Å². The molecule has 21 heavy (non-hydrogen) atoms. The highest BCUT2D eigenvalue weighted by Crippen LogP contribution is 2.24. The summed E-state index contributed by atoms with van der Waals surface area (Å²) in [4.78, 5) is 10.9. The Kier molecular flexibility index (Phi) is 5.63. The lowest BCUT2D eigenvalue weighted by atomic mass is 10.1. The predicted molar refractivity (Wildman–Crippen MR) is 92.2 cm³/mol. The monoisotopic (exact) mass is 310 g/mol. The fourth-order valence-electron chi connectivity index (χ4n) is 2.52. The van der Waals surface area contributed by atoms with Crippen molar-refractivity contribution in [1.82, 2.24) is 15.2 Å². The summed E-state index contributed by atoms with van der Waals surface area (Å²) >= 11 is 1.83. The standard InChI is InChI=1S/C16H30N4S/c1-13(2)12-19-6-8-20(9-7-19)15-17-10-14(21-15)11-18-16(3,4)5/h10,13,18H,6-9,11-12H2,1-5H3. The Morgan fingerprint density at radius 3 is 2.48 bits per heavy atom. The van der Waals surface area contributed by atoms with Crippen LogP contribution >= 0.6 is 11.3 Å². The van der Waals surface area contributed by atoms with Crippen LogP contribution in [-0.2, 0) is 6.54 Å². The molecule has 0 radical (unpaired) electrons. The zero-order valence-electron chi connectivity index (χ0n) is 14.1. The second kappa shape index (κ2) is 7.07. The van der Waals surface area contributed by atoms with Crippen LogP contribution in [0.15, 0.2) is 6.20 Å². The van der Waals surface area contributed by atoms with Gasteiger partial charge in [-0.25, -0.2) is 4.98 Å². The van der Waals surface area contributed by atoms with E-state index in [-0.39, 0.29) is 5.54 Å². The molecule has 1 aromatic heterocycles. The first-order chi connectivity index (χ1) is 9.83. The molecule has 1 aromatic rings. The van der Waals surface area contributed by atoms with Crippen LogP contribution < -0.4 is 10.2 Å². The second-order valence-electron chi connectivity index (χ2n) is 7.39. The molecule has 0 bridgehead atoms. The van der Waals surface area contributed by atoms with Crippen molar-refractivity contribution in [3.63, 3.8) is 0 Å². The van der Waals surface area contributed by atoms with E-state index in [2.05, 4.69) is 54.7 Å². The molecule has 0 aromatic carbocycles. The lowest BCUT2D eigenvalue weighted by molar-refractivity contribution is 0.231. The molecule has 1 N–H and O–H groups in total. The summed E-state index contributed by atoms with van der Waals surface area (Å²) in [5.74, 6) is 0.756. The molecular weight excluding hydrogens is 280 g/mol. The molecule has 1 aliphatic heterocycles. The van der Waals surface area contributed by atoms with Crippen molar-refractivity contribution in [3.8, 4) is 0 Å². The van der Waals surface area contributed by atoms with Crippen molar-refractivity contribution in [2.45, 2.75) is 46.7 Å². The molecule has 0 atom stereocenters. The number of anilines is 1. The van der Waals surface area contributed by atoms with Crippen molar-refractivity contribution in [3.05, 3.63) is 11.1 Å². The average Bonchev–Trinajstić information content (AvgIpc) is 2.84. The first-order valence-corrected chi connectivity index (χ1v) is 8.82. The summed E-state index contributed by atoms with van der Waals surface area (Å²) in [5.41, 5.74) is 0.159. The Morgan fingerprint density at radius 1 is 1.24 bits per heavy atom. The lowest BCUT2D eigenvalue weighted by Crippen LogP contribution is -2.47. The normalized spacial score (nSPS) is 17.7. The van der Waals surface area contributed by atoms with E-state index >= 15 is 0 Å². The minimum Gasteiger partial charge on any atom is -0.346 e. The van der Waals surface area contributed by atoms with Crippen LogP contribution in [0.2, 0.25) is 0 Å². The van der Waals surface area contributed by atoms with Crippen LogP contribution in [0.3, 0.4) is 0 Å². The maximum atomic E-state index is 4.61. The Bertz CT molecular complexity index is 428. The van der Waals surface area contributed by atoms with E-state index in [0.29, 0.717) is 0 Å². The third kappa shape index (κ3) is 5.57. The molecular formula is C16H30N4S. The van der Waals surface area contributed by atoms with Crippen molar-refractivity contribution in [1.29, 1.82) is 0 Å². The second-order valence-corrected chi connectivity index (χ2v) is 8.49. The number of hydrogen-bond acceptors (Lipinski definition) is 5. The van der Waals surface area contributed by atoms with Gasteiger partial charge >= 0.3 is 0 Å². The first-order valence-electron chi connectivity index (χ1n) is 8.00. The Hall–Kier alpha value is -0.650. The van der Waals surface area contributed by atoms with Crippen molar-refractivity contribution in [2.24, 2.45) is 5.92 Å². The molecule has 120 valence electrons. The maximum absolute atomic E-state index is 4.61. The highest BCUT2D eigenvalue weighted by Gasteiger charge is 2.20. The minimum atomic E-state index is 0.159. The van der Waals surface area contributed by atoms with E-state index in [1.165, 1.54) is 16.6 Å². The number of hydrogen-bond donors (Lipinski definition) is 1. The van der Waals surface area contributed by atoms with Gasteiger partial charge in [-0.3, -0.25) is 4.90 Å². The summed E-state index contributed by atoms with van der Waals surface area (Å²) in [6.07, 6.45) is 2.03. The molecule has 5 heteroatoms. The zero-order chi connectivity index (χ0) is 15.5. The van der Waals surface area contributed by atoms with Crippen LogP contribution in [0.5, 0.6) is 0 Å². The molecule has 2 rings (SSSR count). The van der Waals surface area contributed by atoms with E-state index in [4.69, 9.17) is 0 Å². The molecule has 0 spiro atoms. The fourth-order valence-corrected chi connectivity index (χ4v) is 3.42. The molecule has 2 heterocycles. The van der Waals surface area contributed by atoms with E-state index in [1.54, 1.807) is 0 Å². The van der Waals surface area contributed by atoms with Gasteiger partial charge in [-0.05, 0) is 26.7 Å². The van der Waals surface area contributed by atoms with Gasteiger partial charge in [-0.2, -0.15) is 0 Å². The quantitative estimate of drug-likeness (QED) is 0.906. The number of thiazole rings is 1. The maximum Gasteiger partial charge on any atom is 0.185 e. The van der Waals surface area contributed by atoms with E-state index < -0.39 is 0 Å².